The summed E-state index contributed by atoms with van der Waals surface area (Å²) in [6, 6.07) is 7.52. The fraction of sp³-hybridized carbons (Fsp3) is 0.167. The predicted octanol–water partition coefficient (Wildman–Crippen LogP) is 2.68. The van der Waals surface area contributed by atoms with Crippen molar-refractivity contribution >= 4 is 28.5 Å². The van der Waals surface area contributed by atoms with Crippen molar-refractivity contribution < 1.29 is 9.21 Å². The fourth-order valence-corrected chi connectivity index (χ4v) is 2.77. The van der Waals surface area contributed by atoms with E-state index in [1.807, 2.05) is 6.07 Å². The monoisotopic (exact) mass is 358 g/mol. The average molecular weight is 359 g/mol. The SMILES string of the molecule is Cc1cc(C)c(CNC(=O)c2cc(=O)c3cc(Cl)ccc3o2)c(=O)[nH]1. The van der Waals surface area contributed by atoms with E-state index in [2.05, 4.69) is 10.3 Å². The van der Waals surface area contributed by atoms with Crippen molar-refractivity contribution in [2.24, 2.45) is 0 Å². The number of hydrogen-bond donors (Lipinski definition) is 2. The molecule has 0 spiro atoms. The molecule has 2 aromatic heterocycles. The Kier molecular flexibility index (Phi) is 4.46. The lowest BCUT2D eigenvalue weighted by atomic mass is 10.1. The molecule has 2 heterocycles. The van der Waals surface area contributed by atoms with Crippen LogP contribution in [0.1, 0.15) is 27.4 Å². The second-order valence-electron chi connectivity index (χ2n) is 5.74. The summed E-state index contributed by atoms with van der Waals surface area (Å²) in [5, 5.41) is 3.31. The van der Waals surface area contributed by atoms with Crippen LogP contribution in [-0.4, -0.2) is 10.9 Å². The number of carbonyl (C=O) groups is 1. The zero-order valence-electron chi connectivity index (χ0n) is 13.6. The zero-order valence-corrected chi connectivity index (χ0v) is 14.4. The number of H-pyrrole nitrogens is 1. The van der Waals surface area contributed by atoms with Crippen molar-refractivity contribution in [2.45, 2.75) is 20.4 Å². The van der Waals surface area contributed by atoms with Gasteiger partial charge in [0, 0.05) is 28.9 Å². The van der Waals surface area contributed by atoms with E-state index in [0.717, 1.165) is 17.3 Å². The van der Waals surface area contributed by atoms with Gasteiger partial charge < -0.3 is 14.7 Å². The third-order valence-corrected chi connectivity index (χ3v) is 4.07. The molecule has 0 fully saturated rings. The van der Waals surface area contributed by atoms with E-state index < -0.39 is 5.91 Å². The minimum absolute atomic E-state index is 0.0304. The first kappa shape index (κ1) is 17.0. The first-order valence-corrected chi connectivity index (χ1v) is 7.94. The van der Waals surface area contributed by atoms with E-state index in [1.54, 1.807) is 19.9 Å². The topological polar surface area (TPSA) is 92.2 Å². The van der Waals surface area contributed by atoms with E-state index in [-0.39, 0.29) is 28.9 Å². The number of fused-ring (bicyclic) bond motifs is 1. The summed E-state index contributed by atoms with van der Waals surface area (Å²) in [7, 11) is 0. The van der Waals surface area contributed by atoms with Gasteiger partial charge in [-0.15, -0.1) is 0 Å². The molecule has 0 aliphatic rings. The smallest absolute Gasteiger partial charge is 0.287 e. The van der Waals surface area contributed by atoms with Gasteiger partial charge in [-0.2, -0.15) is 0 Å². The predicted molar refractivity (Wildman–Crippen MR) is 95.2 cm³/mol. The Labute approximate surface area is 147 Å². The molecular formula is C18H15ClN2O4. The van der Waals surface area contributed by atoms with E-state index >= 15 is 0 Å². The molecule has 0 saturated heterocycles. The van der Waals surface area contributed by atoms with E-state index in [4.69, 9.17) is 16.0 Å². The van der Waals surface area contributed by atoms with Crippen LogP contribution in [0.15, 0.2) is 44.3 Å². The van der Waals surface area contributed by atoms with Gasteiger partial charge in [0.05, 0.1) is 5.39 Å². The maximum absolute atomic E-state index is 12.3. The van der Waals surface area contributed by atoms with Crippen LogP contribution in [0.2, 0.25) is 5.02 Å². The van der Waals surface area contributed by atoms with Gasteiger partial charge in [0.25, 0.3) is 11.5 Å². The summed E-state index contributed by atoms with van der Waals surface area (Å²) in [6.07, 6.45) is 0. The average Bonchev–Trinajstić information content (AvgIpc) is 2.54. The third-order valence-electron chi connectivity index (χ3n) is 3.83. The third kappa shape index (κ3) is 3.49. The van der Waals surface area contributed by atoms with Crippen LogP contribution >= 0.6 is 11.6 Å². The van der Waals surface area contributed by atoms with Gasteiger partial charge in [0.1, 0.15) is 5.58 Å². The van der Waals surface area contributed by atoms with Crippen molar-refractivity contribution in [1.29, 1.82) is 0 Å². The van der Waals surface area contributed by atoms with Crippen molar-refractivity contribution in [1.82, 2.24) is 10.3 Å². The number of aryl methyl sites for hydroxylation is 2. The Hall–Kier alpha value is -2.86. The quantitative estimate of drug-likeness (QED) is 0.753. The number of amides is 1. The molecule has 0 saturated carbocycles. The minimum Gasteiger partial charge on any atom is -0.451 e. The van der Waals surface area contributed by atoms with Crippen LogP contribution in [0.25, 0.3) is 11.0 Å². The highest BCUT2D eigenvalue weighted by Crippen LogP contribution is 2.17. The molecule has 2 N–H and O–H groups in total. The van der Waals surface area contributed by atoms with Crippen molar-refractivity contribution in [3.63, 3.8) is 0 Å². The number of aromatic nitrogens is 1. The number of halogens is 1. The normalized spacial score (nSPS) is 10.8. The number of benzene rings is 1. The second-order valence-corrected chi connectivity index (χ2v) is 6.18. The molecule has 7 heteroatoms. The van der Waals surface area contributed by atoms with Crippen LogP contribution in [0.4, 0.5) is 0 Å². The summed E-state index contributed by atoms with van der Waals surface area (Å²) in [5.74, 6) is -0.700. The summed E-state index contributed by atoms with van der Waals surface area (Å²) < 4.78 is 5.47. The molecule has 0 bridgehead atoms. The van der Waals surface area contributed by atoms with Gasteiger partial charge in [0.15, 0.2) is 11.2 Å². The lowest BCUT2D eigenvalue weighted by Crippen LogP contribution is -2.28. The number of rotatable bonds is 3. The number of pyridine rings is 1. The van der Waals surface area contributed by atoms with Crippen molar-refractivity contribution in [3.8, 4) is 0 Å². The van der Waals surface area contributed by atoms with Gasteiger partial charge in [-0.3, -0.25) is 14.4 Å². The molecule has 6 nitrogen and oxygen atoms in total. The number of nitrogens with one attached hydrogen (secondary N) is 2. The van der Waals surface area contributed by atoms with Gasteiger partial charge in [-0.05, 0) is 43.7 Å². The Morgan fingerprint density at radius 3 is 2.68 bits per heavy atom. The molecule has 1 amide bonds. The number of aromatic amines is 1. The van der Waals surface area contributed by atoms with Crippen molar-refractivity contribution in [2.75, 3.05) is 0 Å². The van der Waals surface area contributed by atoms with Gasteiger partial charge in [-0.25, -0.2) is 0 Å². The first-order chi connectivity index (χ1) is 11.8. The molecule has 0 aliphatic heterocycles. The zero-order chi connectivity index (χ0) is 18.1. The summed E-state index contributed by atoms with van der Waals surface area (Å²) in [6.45, 7) is 3.61. The summed E-state index contributed by atoms with van der Waals surface area (Å²) in [5.41, 5.74) is 1.62. The van der Waals surface area contributed by atoms with Gasteiger partial charge >= 0.3 is 0 Å². The highest BCUT2D eigenvalue weighted by atomic mass is 35.5. The Morgan fingerprint density at radius 2 is 1.96 bits per heavy atom. The molecule has 0 radical (unpaired) electrons. The Morgan fingerprint density at radius 1 is 1.20 bits per heavy atom. The standard InChI is InChI=1S/C18H15ClN2O4/c1-9-5-10(2)21-17(23)13(9)8-20-18(24)16-7-14(22)12-6-11(19)3-4-15(12)25-16/h3-7H,8H2,1-2H3,(H,20,24)(H,21,23). The lowest BCUT2D eigenvalue weighted by Gasteiger charge is -2.08. The van der Waals surface area contributed by atoms with Crippen LogP contribution in [-0.2, 0) is 6.54 Å². The second kappa shape index (κ2) is 6.57. The lowest BCUT2D eigenvalue weighted by molar-refractivity contribution is 0.0923. The Bertz CT molecular complexity index is 1100. The molecule has 25 heavy (non-hydrogen) atoms. The number of hydrogen-bond acceptors (Lipinski definition) is 4. The first-order valence-electron chi connectivity index (χ1n) is 7.56. The van der Waals surface area contributed by atoms with E-state index in [9.17, 15) is 14.4 Å². The Balaban J connectivity index is 1.87. The molecule has 0 aliphatic carbocycles. The summed E-state index contributed by atoms with van der Waals surface area (Å²) >= 11 is 5.86. The molecule has 0 unspecified atom stereocenters. The molecule has 0 atom stereocenters. The van der Waals surface area contributed by atoms with Crippen LogP contribution < -0.4 is 16.3 Å². The van der Waals surface area contributed by atoms with Crippen molar-refractivity contribution in [3.05, 3.63) is 78.5 Å². The van der Waals surface area contributed by atoms with Crippen LogP contribution in [0, 0.1) is 13.8 Å². The molecule has 3 rings (SSSR count). The fourth-order valence-electron chi connectivity index (χ4n) is 2.60. The highest BCUT2D eigenvalue weighted by Gasteiger charge is 2.14. The molecule has 128 valence electrons. The van der Waals surface area contributed by atoms with Gasteiger partial charge in [0.2, 0.25) is 0 Å². The van der Waals surface area contributed by atoms with E-state index in [1.165, 1.54) is 12.1 Å². The largest absolute Gasteiger partial charge is 0.451 e. The van der Waals surface area contributed by atoms with Gasteiger partial charge in [-0.1, -0.05) is 11.6 Å². The maximum Gasteiger partial charge on any atom is 0.287 e. The van der Waals surface area contributed by atoms with E-state index in [0.29, 0.717) is 16.0 Å². The molecule has 1 aromatic carbocycles. The maximum atomic E-state index is 12.3. The summed E-state index contributed by atoms with van der Waals surface area (Å²) in [4.78, 5) is 39.1. The minimum atomic E-state index is -0.576. The van der Waals surface area contributed by atoms with Crippen LogP contribution in [0.5, 0.6) is 0 Å². The molecule has 3 aromatic rings. The van der Waals surface area contributed by atoms with Crippen LogP contribution in [0.3, 0.4) is 0 Å². The highest BCUT2D eigenvalue weighted by molar-refractivity contribution is 6.31. The molecular weight excluding hydrogens is 344 g/mol. The number of carbonyl (C=O) groups excluding carboxylic acids is 1.